The molecule has 0 heterocycles. The second-order valence-electron chi connectivity index (χ2n) is 4.42. The minimum Gasteiger partial charge on any atom is -0.388 e. The van der Waals surface area contributed by atoms with Gasteiger partial charge in [0.15, 0.2) is 0 Å². The maximum Gasteiger partial charge on any atom is 0.0340 e. The van der Waals surface area contributed by atoms with Crippen molar-refractivity contribution in [3.63, 3.8) is 0 Å². The molecular formula is C15H16N2. The minimum absolute atomic E-state index is 1.04. The first-order chi connectivity index (χ1) is 8.31. The van der Waals surface area contributed by atoms with Crippen LogP contribution in [0.25, 0.3) is 11.1 Å². The summed E-state index contributed by atoms with van der Waals surface area (Å²) in [6.07, 6.45) is 1.04. The van der Waals surface area contributed by atoms with Gasteiger partial charge in [0, 0.05) is 25.5 Å². The van der Waals surface area contributed by atoms with E-state index in [1.807, 2.05) is 14.1 Å². The van der Waals surface area contributed by atoms with E-state index in [4.69, 9.17) is 0 Å². The number of hydrogen-bond acceptors (Lipinski definition) is 2. The Morgan fingerprint density at radius 1 is 0.765 bits per heavy atom. The van der Waals surface area contributed by atoms with E-state index in [2.05, 4.69) is 47.0 Å². The third-order valence-electron chi connectivity index (χ3n) is 3.46. The molecular weight excluding hydrogens is 208 g/mol. The van der Waals surface area contributed by atoms with Gasteiger partial charge in [-0.1, -0.05) is 12.1 Å². The summed E-state index contributed by atoms with van der Waals surface area (Å²) in [7, 11) is 3.92. The lowest BCUT2D eigenvalue weighted by Crippen LogP contribution is -1.89. The molecule has 0 radical (unpaired) electrons. The van der Waals surface area contributed by atoms with Crippen molar-refractivity contribution in [1.82, 2.24) is 0 Å². The molecule has 0 saturated carbocycles. The van der Waals surface area contributed by atoms with Crippen LogP contribution in [0.15, 0.2) is 36.4 Å². The maximum absolute atomic E-state index is 3.19. The Morgan fingerprint density at radius 2 is 1.24 bits per heavy atom. The largest absolute Gasteiger partial charge is 0.388 e. The Balaban J connectivity index is 2.10. The monoisotopic (exact) mass is 224 g/mol. The zero-order valence-electron chi connectivity index (χ0n) is 10.2. The van der Waals surface area contributed by atoms with Crippen molar-refractivity contribution < 1.29 is 0 Å². The molecule has 2 aromatic carbocycles. The van der Waals surface area contributed by atoms with Crippen molar-refractivity contribution in [3.05, 3.63) is 47.5 Å². The average Bonchev–Trinajstić information content (AvgIpc) is 2.74. The summed E-state index contributed by atoms with van der Waals surface area (Å²) >= 11 is 0. The first-order valence-electron chi connectivity index (χ1n) is 5.93. The molecule has 0 aromatic heterocycles. The van der Waals surface area contributed by atoms with Crippen LogP contribution >= 0.6 is 0 Å². The topological polar surface area (TPSA) is 24.1 Å². The van der Waals surface area contributed by atoms with Gasteiger partial charge in [0.1, 0.15) is 0 Å². The molecule has 0 unspecified atom stereocenters. The third kappa shape index (κ3) is 1.57. The van der Waals surface area contributed by atoms with Crippen LogP contribution in [0.2, 0.25) is 0 Å². The highest BCUT2D eigenvalue weighted by molar-refractivity contribution is 5.80. The molecule has 0 saturated heterocycles. The molecule has 0 amide bonds. The normalized spacial score (nSPS) is 11.9. The quantitative estimate of drug-likeness (QED) is 0.697. The molecule has 0 aliphatic heterocycles. The van der Waals surface area contributed by atoms with E-state index in [0.717, 1.165) is 6.42 Å². The van der Waals surface area contributed by atoms with Gasteiger partial charge in [0.25, 0.3) is 0 Å². The van der Waals surface area contributed by atoms with Gasteiger partial charge in [-0.05, 0) is 52.9 Å². The van der Waals surface area contributed by atoms with Crippen LogP contribution in [-0.4, -0.2) is 14.1 Å². The molecule has 86 valence electrons. The van der Waals surface area contributed by atoms with Crippen LogP contribution in [0.1, 0.15) is 11.1 Å². The van der Waals surface area contributed by atoms with Crippen molar-refractivity contribution >= 4 is 11.4 Å². The van der Waals surface area contributed by atoms with Gasteiger partial charge in [-0.3, -0.25) is 0 Å². The van der Waals surface area contributed by atoms with Gasteiger partial charge in [0.2, 0.25) is 0 Å². The van der Waals surface area contributed by atoms with Gasteiger partial charge < -0.3 is 10.6 Å². The first-order valence-corrected chi connectivity index (χ1v) is 5.93. The minimum atomic E-state index is 1.04. The number of nitrogens with one attached hydrogen (secondary N) is 2. The molecule has 2 heteroatoms. The Kier molecular flexibility index (Phi) is 2.29. The lowest BCUT2D eigenvalue weighted by molar-refractivity contribution is 1.26. The van der Waals surface area contributed by atoms with Crippen LogP contribution in [-0.2, 0) is 6.42 Å². The molecule has 0 atom stereocenters. The molecule has 2 aromatic rings. The maximum atomic E-state index is 3.19. The van der Waals surface area contributed by atoms with Crippen LogP contribution in [0.3, 0.4) is 0 Å². The first kappa shape index (κ1) is 10.2. The number of hydrogen-bond donors (Lipinski definition) is 2. The Morgan fingerprint density at radius 3 is 1.65 bits per heavy atom. The number of benzene rings is 2. The van der Waals surface area contributed by atoms with Gasteiger partial charge in [0.05, 0.1) is 0 Å². The standard InChI is InChI=1S/C15H16N2/c1-16-12-3-5-14-10(8-12)7-11-9-13(17-2)4-6-15(11)14/h3-6,8-9,16-17H,7H2,1-2H3. The second kappa shape index (κ2) is 3.81. The van der Waals surface area contributed by atoms with E-state index >= 15 is 0 Å². The van der Waals surface area contributed by atoms with Gasteiger partial charge >= 0.3 is 0 Å². The summed E-state index contributed by atoms with van der Waals surface area (Å²) < 4.78 is 0. The highest BCUT2D eigenvalue weighted by atomic mass is 14.8. The van der Waals surface area contributed by atoms with E-state index in [1.165, 1.54) is 33.6 Å². The van der Waals surface area contributed by atoms with E-state index in [9.17, 15) is 0 Å². The summed E-state index contributed by atoms with van der Waals surface area (Å²) in [5.74, 6) is 0. The van der Waals surface area contributed by atoms with E-state index in [1.54, 1.807) is 0 Å². The smallest absolute Gasteiger partial charge is 0.0340 e. The van der Waals surface area contributed by atoms with Crippen LogP contribution in [0, 0.1) is 0 Å². The van der Waals surface area contributed by atoms with Crippen molar-refractivity contribution in [2.75, 3.05) is 24.7 Å². The molecule has 0 bridgehead atoms. The molecule has 0 fully saturated rings. The lowest BCUT2D eigenvalue weighted by atomic mass is 10.1. The van der Waals surface area contributed by atoms with Crippen molar-refractivity contribution in [2.24, 2.45) is 0 Å². The molecule has 2 N–H and O–H groups in total. The van der Waals surface area contributed by atoms with Crippen molar-refractivity contribution in [2.45, 2.75) is 6.42 Å². The Hall–Kier alpha value is -1.96. The molecule has 2 nitrogen and oxygen atoms in total. The van der Waals surface area contributed by atoms with Crippen molar-refractivity contribution in [1.29, 1.82) is 0 Å². The highest BCUT2D eigenvalue weighted by Gasteiger charge is 2.18. The molecule has 1 aliphatic rings. The van der Waals surface area contributed by atoms with Crippen molar-refractivity contribution in [3.8, 4) is 11.1 Å². The van der Waals surface area contributed by atoms with Crippen LogP contribution < -0.4 is 10.6 Å². The summed E-state index contributed by atoms with van der Waals surface area (Å²) in [5.41, 5.74) is 7.96. The molecule has 0 spiro atoms. The summed E-state index contributed by atoms with van der Waals surface area (Å²) in [5, 5.41) is 6.39. The zero-order valence-corrected chi connectivity index (χ0v) is 10.2. The van der Waals surface area contributed by atoms with Gasteiger partial charge in [-0.15, -0.1) is 0 Å². The Bertz CT molecular complexity index is 522. The summed E-state index contributed by atoms with van der Waals surface area (Å²) in [6, 6.07) is 13.2. The molecule has 1 aliphatic carbocycles. The average molecular weight is 224 g/mol. The third-order valence-corrected chi connectivity index (χ3v) is 3.46. The van der Waals surface area contributed by atoms with Gasteiger partial charge in [-0.2, -0.15) is 0 Å². The highest BCUT2D eigenvalue weighted by Crippen LogP contribution is 2.38. The number of fused-ring (bicyclic) bond motifs is 3. The predicted octanol–water partition coefficient (Wildman–Crippen LogP) is 3.34. The van der Waals surface area contributed by atoms with Crippen LogP contribution in [0.5, 0.6) is 0 Å². The van der Waals surface area contributed by atoms with E-state index < -0.39 is 0 Å². The zero-order chi connectivity index (χ0) is 11.8. The fraction of sp³-hybridized carbons (Fsp3) is 0.200. The fourth-order valence-electron chi connectivity index (χ4n) is 2.52. The fourth-order valence-corrected chi connectivity index (χ4v) is 2.52. The number of rotatable bonds is 2. The SMILES string of the molecule is CNc1ccc2c(c1)Cc1cc(NC)ccc1-2. The molecule has 17 heavy (non-hydrogen) atoms. The van der Waals surface area contributed by atoms with E-state index in [-0.39, 0.29) is 0 Å². The summed E-state index contributed by atoms with van der Waals surface area (Å²) in [4.78, 5) is 0. The molecule has 3 rings (SSSR count). The Labute approximate surface area is 102 Å². The van der Waals surface area contributed by atoms with Gasteiger partial charge in [-0.25, -0.2) is 0 Å². The second-order valence-corrected chi connectivity index (χ2v) is 4.42. The summed E-state index contributed by atoms with van der Waals surface area (Å²) in [6.45, 7) is 0. The number of anilines is 2. The predicted molar refractivity (Wildman–Crippen MR) is 73.8 cm³/mol. The van der Waals surface area contributed by atoms with E-state index in [0.29, 0.717) is 0 Å². The lowest BCUT2D eigenvalue weighted by Gasteiger charge is -2.05. The van der Waals surface area contributed by atoms with Crippen LogP contribution in [0.4, 0.5) is 11.4 Å².